The van der Waals surface area contributed by atoms with E-state index < -0.39 is 17.9 Å². The van der Waals surface area contributed by atoms with E-state index >= 15 is 0 Å². The van der Waals surface area contributed by atoms with Crippen LogP contribution in [0.5, 0.6) is 0 Å². The molecule has 0 aliphatic carbocycles. The molecule has 7 heteroatoms. The van der Waals surface area contributed by atoms with E-state index in [2.05, 4.69) is 19.7 Å². The Kier molecular flexibility index (Phi) is 28.7. The van der Waals surface area contributed by atoms with Crippen LogP contribution in [0.1, 0.15) is 0 Å². The fourth-order valence-corrected chi connectivity index (χ4v) is 0. The van der Waals surface area contributed by atoms with E-state index in [-0.39, 0.29) is 26.2 Å². The molecule has 0 aliphatic rings. The van der Waals surface area contributed by atoms with Crippen molar-refractivity contribution in [3.05, 3.63) is 38.0 Å². The van der Waals surface area contributed by atoms with Crippen molar-refractivity contribution < 1.29 is 55.9 Å². The van der Waals surface area contributed by atoms with Gasteiger partial charge in [-0.15, -0.1) is 0 Å². The number of carbonyl (C=O) groups is 3. The van der Waals surface area contributed by atoms with E-state index in [9.17, 15) is 14.4 Å². The molecule has 0 unspecified atom stereocenters. The molecule has 16 heavy (non-hydrogen) atoms. The summed E-state index contributed by atoms with van der Waals surface area (Å²) >= 11 is 0. The molecule has 0 bridgehead atoms. The van der Waals surface area contributed by atoms with Crippen molar-refractivity contribution in [2.45, 2.75) is 0 Å². The molecule has 0 radical (unpaired) electrons. The summed E-state index contributed by atoms with van der Waals surface area (Å²) in [6.45, 7) is 8.88. The second-order valence-electron chi connectivity index (χ2n) is 1.63. The second kappa shape index (κ2) is 19.1. The Morgan fingerprint density at radius 2 is 0.750 bits per heavy atom. The molecule has 6 nitrogen and oxygen atoms in total. The zero-order valence-corrected chi connectivity index (χ0v) is 10.9. The summed E-state index contributed by atoms with van der Waals surface area (Å²) in [6.07, 6.45) is 2.50. The Bertz CT molecular complexity index is 216. The third kappa shape index (κ3) is 81.4. The van der Waals surface area contributed by atoms with Gasteiger partial charge in [-0.25, -0.2) is 14.4 Å². The molecule has 0 aliphatic heterocycles. The molecule has 0 rings (SSSR count). The van der Waals surface area contributed by atoms with Gasteiger partial charge in [0.1, 0.15) is 0 Å². The molecule has 0 heterocycles. The molecular formula is C9H12O6Zr. The SMILES string of the molecule is C=CC(=O)O.C=CC(=O)O.C=CC(=O)O.[Zr]. The van der Waals surface area contributed by atoms with Gasteiger partial charge in [0.25, 0.3) is 0 Å². The molecular weight excluding hydrogens is 295 g/mol. The van der Waals surface area contributed by atoms with E-state index in [1.807, 2.05) is 0 Å². The number of rotatable bonds is 3. The van der Waals surface area contributed by atoms with Gasteiger partial charge in [-0.05, 0) is 0 Å². The van der Waals surface area contributed by atoms with Crippen molar-refractivity contribution in [1.29, 1.82) is 0 Å². The van der Waals surface area contributed by atoms with Crippen molar-refractivity contribution in [2.75, 3.05) is 0 Å². The van der Waals surface area contributed by atoms with E-state index in [1.54, 1.807) is 0 Å². The predicted octanol–water partition coefficient (Wildman–Crippen LogP) is 0.769. The van der Waals surface area contributed by atoms with Gasteiger partial charge in [0, 0.05) is 44.4 Å². The maximum atomic E-state index is 9.25. The summed E-state index contributed by atoms with van der Waals surface area (Å²) in [6, 6.07) is 0. The second-order valence-corrected chi connectivity index (χ2v) is 1.63. The summed E-state index contributed by atoms with van der Waals surface area (Å²) in [7, 11) is 0. The van der Waals surface area contributed by atoms with Crippen LogP contribution in [0.15, 0.2) is 38.0 Å². The van der Waals surface area contributed by atoms with Crippen molar-refractivity contribution in [2.24, 2.45) is 0 Å². The monoisotopic (exact) mass is 306 g/mol. The van der Waals surface area contributed by atoms with Crippen LogP contribution in [-0.2, 0) is 40.6 Å². The Morgan fingerprint density at radius 1 is 0.688 bits per heavy atom. The van der Waals surface area contributed by atoms with Crippen LogP contribution < -0.4 is 0 Å². The average molecular weight is 307 g/mol. The Morgan fingerprint density at radius 3 is 0.750 bits per heavy atom. The molecule has 0 atom stereocenters. The van der Waals surface area contributed by atoms with Crippen molar-refractivity contribution in [1.82, 2.24) is 0 Å². The summed E-state index contributed by atoms with van der Waals surface area (Å²) in [5, 5.41) is 22.8. The van der Waals surface area contributed by atoms with Crippen LogP contribution in [0.4, 0.5) is 0 Å². The van der Waals surface area contributed by atoms with Crippen LogP contribution in [0.2, 0.25) is 0 Å². The predicted molar refractivity (Wildman–Crippen MR) is 53.5 cm³/mol. The average Bonchev–Trinajstić information content (AvgIpc) is 2.19. The molecule has 88 valence electrons. The summed E-state index contributed by atoms with van der Waals surface area (Å²) in [5.41, 5.74) is 0. The zero-order valence-electron chi connectivity index (χ0n) is 8.42. The molecule has 0 saturated heterocycles. The molecule has 0 fully saturated rings. The van der Waals surface area contributed by atoms with Gasteiger partial charge in [0.15, 0.2) is 0 Å². The molecule has 3 N–H and O–H groups in total. The number of hydrogen-bond acceptors (Lipinski definition) is 3. The molecule has 0 amide bonds. The first-order chi connectivity index (χ1) is 6.81. The van der Waals surface area contributed by atoms with Crippen molar-refractivity contribution in [3.63, 3.8) is 0 Å². The summed E-state index contributed by atoms with van der Waals surface area (Å²) in [5.74, 6) is -2.94. The minimum atomic E-state index is -0.981. The summed E-state index contributed by atoms with van der Waals surface area (Å²) < 4.78 is 0. The van der Waals surface area contributed by atoms with E-state index in [1.165, 1.54) is 0 Å². The standard InChI is InChI=1S/3C3H4O2.Zr/c3*1-2-3(4)5;/h3*2H,1H2,(H,4,5);. The molecule has 0 spiro atoms. The van der Waals surface area contributed by atoms with E-state index in [4.69, 9.17) is 15.3 Å². The Labute approximate surface area is 112 Å². The number of hydrogen-bond donors (Lipinski definition) is 3. The van der Waals surface area contributed by atoms with Gasteiger partial charge in [0.05, 0.1) is 0 Å². The van der Waals surface area contributed by atoms with Gasteiger partial charge >= 0.3 is 17.9 Å². The number of aliphatic carboxylic acids is 3. The number of carboxylic acids is 3. The van der Waals surface area contributed by atoms with Gasteiger partial charge < -0.3 is 15.3 Å². The topological polar surface area (TPSA) is 112 Å². The minimum Gasteiger partial charge on any atom is -0.478 e. The minimum absolute atomic E-state index is 0. The quantitative estimate of drug-likeness (QED) is 0.664. The maximum absolute atomic E-state index is 9.25. The maximum Gasteiger partial charge on any atom is 0.327 e. The van der Waals surface area contributed by atoms with Crippen LogP contribution in [0, 0.1) is 0 Å². The van der Waals surface area contributed by atoms with Gasteiger partial charge in [-0.1, -0.05) is 19.7 Å². The van der Waals surface area contributed by atoms with Crippen LogP contribution >= 0.6 is 0 Å². The fourth-order valence-electron chi connectivity index (χ4n) is 0. The smallest absolute Gasteiger partial charge is 0.327 e. The first-order valence-electron chi connectivity index (χ1n) is 3.37. The van der Waals surface area contributed by atoms with E-state index in [0.717, 1.165) is 18.2 Å². The van der Waals surface area contributed by atoms with Crippen LogP contribution in [0.25, 0.3) is 0 Å². The largest absolute Gasteiger partial charge is 0.478 e. The molecule has 0 aromatic rings. The van der Waals surface area contributed by atoms with Gasteiger partial charge in [0.2, 0.25) is 0 Å². The molecule has 0 aromatic carbocycles. The molecule has 0 saturated carbocycles. The van der Waals surface area contributed by atoms with Gasteiger partial charge in [-0.3, -0.25) is 0 Å². The van der Waals surface area contributed by atoms with Crippen molar-refractivity contribution in [3.8, 4) is 0 Å². The fraction of sp³-hybridized carbons (Fsp3) is 0. The first-order valence-corrected chi connectivity index (χ1v) is 3.37. The Hall–Kier alpha value is -1.49. The third-order valence-electron chi connectivity index (χ3n) is 0.524. The number of carboxylic acid groups (broad SMARTS) is 3. The zero-order chi connectivity index (χ0) is 12.9. The normalized spacial score (nSPS) is 6.00. The van der Waals surface area contributed by atoms with Crippen molar-refractivity contribution >= 4 is 17.9 Å². The third-order valence-corrected chi connectivity index (χ3v) is 0.524. The van der Waals surface area contributed by atoms with Crippen LogP contribution in [0.3, 0.4) is 0 Å². The van der Waals surface area contributed by atoms with E-state index in [0.29, 0.717) is 0 Å². The van der Waals surface area contributed by atoms with Gasteiger partial charge in [-0.2, -0.15) is 0 Å². The Balaban J connectivity index is -0.0000000655. The van der Waals surface area contributed by atoms with Crippen LogP contribution in [-0.4, -0.2) is 33.2 Å². The summed E-state index contributed by atoms with van der Waals surface area (Å²) in [4.78, 5) is 27.8. The molecule has 0 aromatic heterocycles. The first kappa shape index (κ1) is 24.0.